The molecule has 3 nitrogen and oxygen atoms in total. The van der Waals surface area contributed by atoms with E-state index in [1.807, 2.05) is 6.92 Å². The zero-order valence-corrected chi connectivity index (χ0v) is 12.4. The van der Waals surface area contributed by atoms with Crippen molar-refractivity contribution in [3.8, 4) is 0 Å². The predicted molar refractivity (Wildman–Crippen MR) is 86.6 cm³/mol. The first-order chi connectivity index (χ1) is 9.17. The zero-order valence-electron chi connectivity index (χ0n) is 11.6. The fraction of sp³-hybridized carbons (Fsp3) is 0.333. The number of nitrogens with zero attached hydrogens (tertiary/aromatic N) is 1. The normalized spacial score (nSPS) is 10.9. The van der Waals surface area contributed by atoms with E-state index >= 15 is 0 Å². The van der Waals surface area contributed by atoms with Gasteiger partial charge in [-0.15, -0.1) is 6.58 Å². The number of benzene rings is 1. The maximum Gasteiger partial charge on any atom is 0.187 e. The van der Waals surface area contributed by atoms with Crippen molar-refractivity contribution < 1.29 is 0 Å². The summed E-state index contributed by atoms with van der Waals surface area (Å²) in [7, 11) is 0. The van der Waals surface area contributed by atoms with Gasteiger partial charge >= 0.3 is 0 Å². The number of hydrazone groups is 1. The second-order valence-corrected chi connectivity index (χ2v) is 4.66. The molecule has 0 bridgehead atoms. The van der Waals surface area contributed by atoms with Gasteiger partial charge in [0, 0.05) is 6.54 Å². The Balaban J connectivity index is 2.58. The van der Waals surface area contributed by atoms with Crippen LogP contribution in [0.5, 0.6) is 0 Å². The summed E-state index contributed by atoms with van der Waals surface area (Å²) in [6.45, 7) is 8.38. The van der Waals surface area contributed by atoms with E-state index in [-0.39, 0.29) is 0 Å². The second kappa shape index (κ2) is 8.43. The van der Waals surface area contributed by atoms with Gasteiger partial charge in [0.2, 0.25) is 0 Å². The SMILES string of the molecule is C=CCNC(=S)N/N=C(/C)c1ccc(CCC)cc1. The Morgan fingerprint density at radius 1 is 1.37 bits per heavy atom. The summed E-state index contributed by atoms with van der Waals surface area (Å²) in [5.41, 5.74) is 6.18. The van der Waals surface area contributed by atoms with Crippen molar-refractivity contribution in [1.82, 2.24) is 10.7 Å². The summed E-state index contributed by atoms with van der Waals surface area (Å²) in [6.07, 6.45) is 4.03. The molecule has 0 heterocycles. The molecule has 0 spiro atoms. The van der Waals surface area contributed by atoms with Gasteiger partial charge in [0.25, 0.3) is 0 Å². The molecule has 1 aromatic carbocycles. The van der Waals surface area contributed by atoms with E-state index in [4.69, 9.17) is 12.2 Å². The van der Waals surface area contributed by atoms with Crippen LogP contribution in [0.3, 0.4) is 0 Å². The van der Waals surface area contributed by atoms with Crippen molar-refractivity contribution in [3.63, 3.8) is 0 Å². The van der Waals surface area contributed by atoms with Crippen LogP contribution in [0.15, 0.2) is 42.0 Å². The van der Waals surface area contributed by atoms with E-state index in [0.29, 0.717) is 11.7 Å². The fourth-order valence-electron chi connectivity index (χ4n) is 1.60. The van der Waals surface area contributed by atoms with Gasteiger partial charge in [-0.3, -0.25) is 5.43 Å². The third-order valence-corrected chi connectivity index (χ3v) is 2.88. The van der Waals surface area contributed by atoms with Crippen molar-refractivity contribution in [2.45, 2.75) is 26.7 Å². The minimum absolute atomic E-state index is 0.502. The predicted octanol–water partition coefficient (Wildman–Crippen LogP) is 3.01. The molecule has 0 aliphatic rings. The lowest BCUT2D eigenvalue weighted by Crippen LogP contribution is -2.32. The van der Waals surface area contributed by atoms with Gasteiger partial charge in [0.15, 0.2) is 5.11 Å². The van der Waals surface area contributed by atoms with Gasteiger partial charge in [-0.25, -0.2) is 0 Å². The van der Waals surface area contributed by atoms with Gasteiger partial charge in [0.1, 0.15) is 0 Å². The lowest BCUT2D eigenvalue weighted by molar-refractivity contribution is 0.921. The summed E-state index contributed by atoms with van der Waals surface area (Å²) in [4.78, 5) is 0. The molecule has 0 atom stereocenters. The largest absolute Gasteiger partial charge is 0.358 e. The van der Waals surface area contributed by atoms with Crippen LogP contribution in [0, 0.1) is 0 Å². The van der Waals surface area contributed by atoms with Crippen LogP contribution in [0.25, 0.3) is 0 Å². The molecular weight excluding hydrogens is 254 g/mol. The number of nitrogens with one attached hydrogen (secondary N) is 2. The van der Waals surface area contributed by atoms with Crippen molar-refractivity contribution in [1.29, 1.82) is 0 Å². The summed E-state index contributed by atoms with van der Waals surface area (Å²) in [5, 5.41) is 7.71. The highest BCUT2D eigenvalue weighted by molar-refractivity contribution is 7.80. The molecule has 0 aliphatic heterocycles. The van der Waals surface area contributed by atoms with Crippen LogP contribution >= 0.6 is 12.2 Å². The molecule has 0 amide bonds. The van der Waals surface area contributed by atoms with Crippen LogP contribution in [-0.2, 0) is 6.42 Å². The highest BCUT2D eigenvalue weighted by atomic mass is 32.1. The summed E-state index contributed by atoms with van der Waals surface area (Å²) >= 11 is 5.07. The van der Waals surface area contributed by atoms with Gasteiger partial charge in [-0.05, 0) is 36.7 Å². The van der Waals surface area contributed by atoms with Crippen LogP contribution in [0.4, 0.5) is 0 Å². The number of aryl methyl sites for hydroxylation is 1. The van der Waals surface area contributed by atoms with E-state index in [1.165, 1.54) is 5.56 Å². The van der Waals surface area contributed by atoms with Gasteiger partial charge in [0.05, 0.1) is 5.71 Å². The highest BCUT2D eigenvalue weighted by Gasteiger charge is 1.98. The Labute approximate surface area is 120 Å². The van der Waals surface area contributed by atoms with Crippen LogP contribution < -0.4 is 10.7 Å². The van der Waals surface area contributed by atoms with Crippen molar-refractivity contribution in [2.75, 3.05) is 6.54 Å². The first kappa shape index (κ1) is 15.4. The average Bonchev–Trinajstić information content (AvgIpc) is 2.43. The number of hydrogen-bond donors (Lipinski definition) is 2. The minimum Gasteiger partial charge on any atom is -0.358 e. The van der Waals surface area contributed by atoms with Crippen molar-refractivity contribution in [2.24, 2.45) is 5.10 Å². The Kier molecular flexibility index (Phi) is 6.82. The number of hydrogen-bond acceptors (Lipinski definition) is 2. The first-order valence-electron chi connectivity index (χ1n) is 6.45. The van der Waals surface area contributed by atoms with Gasteiger partial charge in [-0.2, -0.15) is 5.10 Å². The molecule has 0 unspecified atom stereocenters. The molecule has 1 aromatic rings. The minimum atomic E-state index is 0.502. The third-order valence-electron chi connectivity index (χ3n) is 2.64. The van der Waals surface area contributed by atoms with Crippen LogP contribution in [0.1, 0.15) is 31.4 Å². The lowest BCUT2D eigenvalue weighted by Gasteiger charge is -2.06. The molecular formula is C15H21N3S. The molecule has 0 saturated heterocycles. The molecule has 0 fully saturated rings. The molecule has 19 heavy (non-hydrogen) atoms. The highest BCUT2D eigenvalue weighted by Crippen LogP contribution is 2.07. The van der Waals surface area contributed by atoms with Crippen LogP contribution in [0.2, 0.25) is 0 Å². The topological polar surface area (TPSA) is 36.4 Å². The Hall–Kier alpha value is -1.68. The monoisotopic (exact) mass is 275 g/mol. The van der Waals surface area contributed by atoms with E-state index in [0.717, 1.165) is 24.1 Å². The Morgan fingerprint density at radius 2 is 2.05 bits per heavy atom. The molecule has 2 N–H and O–H groups in total. The molecule has 1 rings (SSSR count). The summed E-state index contributed by atoms with van der Waals surface area (Å²) in [6, 6.07) is 8.47. The lowest BCUT2D eigenvalue weighted by atomic mass is 10.1. The maximum atomic E-state index is 5.07. The van der Waals surface area contributed by atoms with Crippen molar-refractivity contribution >= 4 is 23.0 Å². The molecule has 4 heteroatoms. The Morgan fingerprint density at radius 3 is 2.63 bits per heavy atom. The molecule has 0 radical (unpaired) electrons. The number of rotatable bonds is 6. The smallest absolute Gasteiger partial charge is 0.187 e. The van der Waals surface area contributed by atoms with E-state index in [9.17, 15) is 0 Å². The fourth-order valence-corrected chi connectivity index (χ4v) is 1.73. The standard InChI is InChI=1S/C15H21N3S/c1-4-6-13-7-9-14(10-8-13)12(3)17-18-15(19)16-11-5-2/h5,7-10H,2,4,6,11H2,1,3H3,(H2,16,18,19)/b17-12-. The molecule has 0 aromatic heterocycles. The molecule has 0 aliphatic carbocycles. The van der Waals surface area contributed by atoms with E-state index in [2.05, 4.69) is 53.6 Å². The maximum absolute atomic E-state index is 5.07. The van der Waals surface area contributed by atoms with Gasteiger partial charge in [-0.1, -0.05) is 43.7 Å². The van der Waals surface area contributed by atoms with Gasteiger partial charge < -0.3 is 5.32 Å². The quantitative estimate of drug-likeness (QED) is 0.363. The van der Waals surface area contributed by atoms with E-state index in [1.54, 1.807) is 6.08 Å². The average molecular weight is 275 g/mol. The summed E-state index contributed by atoms with van der Waals surface area (Å²) in [5.74, 6) is 0. The summed E-state index contributed by atoms with van der Waals surface area (Å²) < 4.78 is 0. The first-order valence-corrected chi connectivity index (χ1v) is 6.86. The van der Waals surface area contributed by atoms with Crippen molar-refractivity contribution in [3.05, 3.63) is 48.0 Å². The second-order valence-electron chi connectivity index (χ2n) is 4.25. The third kappa shape index (κ3) is 5.66. The molecule has 102 valence electrons. The van der Waals surface area contributed by atoms with E-state index < -0.39 is 0 Å². The number of thiocarbonyl (C=S) groups is 1. The van der Waals surface area contributed by atoms with Crippen LogP contribution in [-0.4, -0.2) is 17.4 Å². The Bertz CT molecular complexity index is 449. The molecule has 0 saturated carbocycles. The zero-order chi connectivity index (χ0) is 14.1.